The van der Waals surface area contributed by atoms with Crippen molar-refractivity contribution in [3.63, 3.8) is 0 Å². The fourth-order valence-electron chi connectivity index (χ4n) is 3.68. The number of nitro groups is 1. The van der Waals surface area contributed by atoms with Gasteiger partial charge in [0.05, 0.1) is 18.1 Å². The van der Waals surface area contributed by atoms with Crippen molar-refractivity contribution in [3.8, 4) is 0 Å². The van der Waals surface area contributed by atoms with Gasteiger partial charge in [0.1, 0.15) is 5.69 Å². The average Bonchev–Trinajstić information content (AvgIpc) is 2.79. The van der Waals surface area contributed by atoms with E-state index in [2.05, 4.69) is 11.4 Å². The molecule has 7 nitrogen and oxygen atoms in total. The number of nitrogens with one attached hydrogen (secondary N) is 1. The van der Waals surface area contributed by atoms with Crippen molar-refractivity contribution in [1.82, 2.24) is 4.90 Å². The average molecular weight is 405 g/mol. The molecule has 1 atom stereocenters. The molecule has 0 aliphatic carbocycles. The maximum atomic E-state index is 12.7. The normalized spacial score (nSPS) is 15.0. The maximum Gasteiger partial charge on any atom is 0.293 e. The number of amides is 1. The predicted molar refractivity (Wildman–Crippen MR) is 116 cm³/mol. The fourth-order valence-corrected chi connectivity index (χ4v) is 3.68. The molecule has 1 aliphatic rings. The molecule has 1 N–H and O–H groups in total. The van der Waals surface area contributed by atoms with Crippen LogP contribution < -0.4 is 5.32 Å². The van der Waals surface area contributed by atoms with Gasteiger partial charge in [0.15, 0.2) is 0 Å². The predicted octanol–water partition coefficient (Wildman–Crippen LogP) is 4.39. The number of anilines is 1. The molecule has 30 heavy (non-hydrogen) atoms. The van der Waals surface area contributed by atoms with Crippen LogP contribution >= 0.6 is 0 Å². The van der Waals surface area contributed by atoms with Crippen molar-refractivity contribution < 1.29 is 14.5 Å². The highest BCUT2D eigenvalue weighted by atomic mass is 16.6. The summed E-state index contributed by atoms with van der Waals surface area (Å²) in [4.78, 5) is 25.6. The number of carbonyl (C=O) groups excluding carboxylic acids is 1. The van der Waals surface area contributed by atoms with Crippen LogP contribution in [0.4, 0.5) is 11.4 Å². The molecule has 0 saturated carbocycles. The summed E-state index contributed by atoms with van der Waals surface area (Å²) in [6, 6.07) is 18.7. The molecule has 1 fully saturated rings. The van der Waals surface area contributed by atoms with Crippen LogP contribution in [0.1, 0.15) is 28.9 Å². The number of hydrogen-bond acceptors (Lipinski definition) is 5. The third-order valence-electron chi connectivity index (χ3n) is 5.39. The molecule has 1 saturated heterocycles. The second-order valence-corrected chi connectivity index (χ2v) is 7.37. The summed E-state index contributed by atoms with van der Waals surface area (Å²) in [5, 5.41) is 17.2. The zero-order valence-corrected chi connectivity index (χ0v) is 16.7. The molecule has 0 spiro atoms. The summed E-state index contributed by atoms with van der Waals surface area (Å²) in [6.45, 7) is 3.91. The van der Waals surface area contributed by atoms with E-state index in [0.717, 1.165) is 16.3 Å². The first kappa shape index (κ1) is 19.8. The summed E-state index contributed by atoms with van der Waals surface area (Å²) in [5.74, 6) is -0.212. The third-order valence-corrected chi connectivity index (χ3v) is 5.39. The highest BCUT2D eigenvalue weighted by molar-refractivity contribution is 5.96. The van der Waals surface area contributed by atoms with Crippen LogP contribution in [0, 0.1) is 10.1 Å². The van der Waals surface area contributed by atoms with E-state index >= 15 is 0 Å². The van der Waals surface area contributed by atoms with Gasteiger partial charge in [-0.2, -0.15) is 0 Å². The van der Waals surface area contributed by atoms with Crippen LogP contribution in [0.3, 0.4) is 0 Å². The first-order chi connectivity index (χ1) is 14.5. The van der Waals surface area contributed by atoms with Gasteiger partial charge in [0.25, 0.3) is 11.6 Å². The molecular formula is C23H23N3O4. The molecule has 3 aromatic carbocycles. The van der Waals surface area contributed by atoms with Crippen LogP contribution in [0.5, 0.6) is 0 Å². The minimum absolute atomic E-state index is 0.109. The Morgan fingerprint density at radius 2 is 1.80 bits per heavy atom. The van der Waals surface area contributed by atoms with Crippen molar-refractivity contribution >= 4 is 28.1 Å². The summed E-state index contributed by atoms with van der Waals surface area (Å²) >= 11 is 0. The van der Waals surface area contributed by atoms with E-state index in [0.29, 0.717) is 37.6 Å². The molecule has 0 bridgehead atoms. The Hall–Kier alpha value is -3.45. The Balaban J connectivity index is 1.58. The second kappa shape index (κ2) is 8.51. The monoisotopic (exact) mass is 405 g/mol. The number of hydrogen-bond donors (Lipinski definition) is 1. The van der Waals surface area contributed by atoms with Gasteiger partial charge in [-0.1, -0.05) is 36.4 Å². The minimum Gasteiger partial charge on any atom is -0.378 e. The minimum atomic E-state index is -0.453. The van der Waals surface area contributed by atoms with Gasteiger partial charge in [-0.15, -0.1) is 0 Å². The maximum absolute atomic E-state index is 12.7. The topological polar surface area (TPSA) is 84.7 Å². The van der Waals surface area contributed by atoms with Gasteiger partial charge < -0.3 is 15.0 Å². The quantitative estimate of drug-likeness (QED) is 0.503. The first-order valence-corrected chi connectivity index (χ1v) is 9.93. The van der Waals surface area contributed by atoms with Crippen LogP contribution in [-0.4, -0.2) is 42.0 Å². The molecular weight excluding hydrogens is 382 g/mol. The summed E-state index contributed by atoms with van der Waals surface area (Å²) in [5.41, 5.74) is 1.62. The Kier molecular flexibility index (Phi) is 5.63. The number of benzene rings is 3. The van der Waals surface area contributed by atoms with Gasteiger partial charge in [-0.3, -0.25) is 14.9 Å². The molecule has 1 unspecified atom stereocenters. The Morgan fingerprint density at radius 1 is 1.07 bits per heavy atom. The van der Waals surface area contributed by atoms with Crippen molar-refractivity contribution in [3.05, 3.63) is 81.9 Å². The summed E-state index contributed by atoms with van der Waals surface area (Å²) in [6.07, 6.45) is 0. The molecule has 0 aromatic heterocycles. The molecule has 154 valence electrons. The lowest BCUT2D eigenvalue weighted by Crippen LogP contribution is -2.40. The molecule has 1 heterocycles. The standard InChI is InChI=1S/C23H23N3O4/c1-16(18-7-6-17-4-2-3-5-19(17)14-18)24-21-9-8-20(15-22(21)26(28)29)23(27)25-10-12-30-13-11-25/h2-9,14-16,24H,10-13H2,1H3. The van der Waals surface area contributed by atoms with Gasteiger partial charge in [0.2, 0.25) is 0 Å². The fraction of sp³-hybridized carbons (Fsp3) is 0.261. The number of nitrogens with zero attached hydrogens (tertiary/aromatic N) is 2. The lowest BCUT2D eigenvalue weighted by atomic mass is 10.0. The van der Waals surface area contributed by atoms with E-state index in [4.69, 9.17) is 4.74 Å². The lowest BCUT2D eigenvalue weighted by Gasteiger charge is -2.27. The molecule has 1 amide bonds. The van der Waals surface area contributed by atoms with E-state index in [9.17, 15) is 14.9 Å². The van der Waals surface area contributed by atoms with Gasteiger partial charge >= 0.3 is 0 Å². The van der Waals surface area contributed by atoms with Crippen LogP contribution in [0.25, 0.3) is 10.8 Å². The molecule has 1 aliphatic heterocycles. The summed E-state index contributed by atoms with van der Waals surface area (Å²) < 4.78 is 5.27. The van der Waals surface area contributed by atoms with Crippen LogP contribution in [0.2, 0.25) is 0 Å². The molecule has 4 rings (SSSR count). The largest absolute Gasteiger partial charge is 0.378 e. The van der Waals surface area contributed by atoms with Crippen molar-refractivity contribution in [2.24, 2.45) is 0 Å². The Labute approximate surface area is 174 Å². The van der Waals surface area contributed by atoms with Gasteiger partial charge in [-0.25, -0.2) is 0 Å². The van der Waals surface area contributed by atoms with Crippen molar-refractivity contribution in [2.75, 3.05) is 31.6 Å². The van der Waals surface area contributed by atoms with Crippen molar-refractivity contribution in [2.45, 2.75) is 13.0 Å². The van der Waals surface area contributed by atoms with E-state index < -0.39 is 4.92 Å². The Bertz CT molecular complexity index is 1090. The Morgan fingerprint density at radius 3 is 2.53 bits per heavy atom. The SMILES string of the molecule is CC(Nc1ccc(C(=O)N2CCOCC2)cc1[N+](=O)[O-])c1ccc2ccccc2c1. The summed E-state index contributed by atoms with van der Waals surface area (Å²) in [7, 11) is 0. The van der Waals surface area contributed by atoms with E-state index in [1.165, 1.54) is 6.07 Å². The van der Waals surface area contributed by atoms with Gasteiger partial charge in [0, 0.05) is 30.8 Å². The second-order valence-electron chi connectivity index (χ2n) is 7.37. The zero-order chi connectivity index (χ0) is 21.1. The van der Waals surface area contributed by atoms with Crippen LogP contribution in [-0.2, 0) is 4.74 Å². The molecule has 7 heteroatoms. The number of fused-ring (bicyclic) bond motifs is 1. The highest BCUT2D eigenvalue weighted by Gasteiger charge is 2.23. The third kappa shape index (κ3) is 4.11. The lowest BCUT2D eigenvalue weighted by molar-refractivity contribution is -0.384. The zero-order valence-electron chi connectivity index (χ0n) is 16.7. The van der Waals surface area contributed by atoms with Gasteiger partial charge in [-0.05, 0) is 41.5 Å². The first-order valence-electron chi connectivity index (χ1n) is 9.93. The highest BCUT2D eigenvalue weighted by Crippen LogP contribution is 2.30. The molecule has 3 aromatic rings. The number of rotatable bonds is 5. The van der Waals surface area contributed by atoms with E-state index in [1.807, 2.05) is 43.3 Å². The molecule has 0 radical (unpaired) electrons. The number of carbonyl (C=O) groups is 1. The van der Waals surface area contributed by atoms with Crippen molar-refractivity contribution in [1.29, 1.82) is 0 Å². The number of morpholine rings is 1. The number of ether oxygens (including phenoxy) is 1. The smallest absolute Gasteiger partial charge is 0.293 e. The van der Waals surface area contributed by atoms with E-state index in [1.54, 1.807) is 17.0 Å². The van der Waals surface area contributed by atoms with E-state index in [-0.39, 0.29) is 17.6 Å². The van der Waals surface area contributed by atoms with Crippen LogP contribution in [0.15, 0.2) is 60.7 Å². The number of nitro benzene ring substituents is 1.